The third kappa shape index (κ3) is 8.84. The second-order valence-corrected chi connectivity index (χ2v) is 13.6. The Morgan fingerprint density at radius 1 is 0.867 bits per heavy atom. The molecule has 7 nitrogen and oxygen atoms in total. The molecule has 11 heteroatoms. The highest BCUT2D eigenvalue weighted by atomic mass is 35.5. The van der Waals surface area contributed by atoms with Crippen LogP contribution in [0.4, 0.5) is 10.1 Å². The van der Waals surface area contributed by atoms with Crippen LogP contribution in [0.15, 0.2) is 102 Å². The molecule has 0 spiro atoms. The molecule has 0 saturated heterocycles. The quantitative estimate of drug-likeness (QED) is 0.180. The molecule has 0 aromatic heterocycles. The third-order valence-corrected chi connectivity index (χ3v) is 9.36. The van der Waals surface area contributed by atoms with E-state index in [0.29, 0.717) is 5.56 Å². The van der Waals surface area contributed by atoms with Crippen LogP contribution in [0.25, 0.3) is 0 Å². The van der Waals surface area contributed by atoms with Gasteiger partial charge >= 0.3 is 0 Å². The summed E-state index contributed by atoms with van der Waals surface area (Å²) in [4.78, 5) is 29.4. The van der Waals surface area contributed by atoms with E-state index in [1.807, 2.05) is 37.3 Å². The SMILES string of the molecule is Cc1ccc(S(=O)(=O)N(CC(=O)N(Cc2ccc(F)cc2)C(Cc2ccccc2)C(=O)NC(C)C)c2cc(Cl)ccc2Cl)cc1. The standard InChI is InChI=1S/C34H34Cl2FN3O4S/c1-23(2)38-34(42)32(19-25-7-5-4-6-8-25)39(21-26-11-14-28(37)15-12-26)33(41)22-40(31-20-27(35)13-18-30(31)36)45(43,44)29-16-9-24(3)10-17-29/h4-18,20,23,32H,19,21-22H2,1-3H3,(H,38,42). The average Bonchev–Trinajstić information content (AvgIpc) is 3.00. The molecule has 0 bridgehead atoms. The molecule has 4 aromatic rings. The van der Waals surface area contributed by atoms with Gasteiger partial charge in [-0.05, 0) is 74.4 Å². The molecule has 0 aliphatic carbocycles. The Bertz CT molecular complexity index is 1740. The molecule has 4 rings (SSSR count). The molecule has 0 heterocycles. The maximum absolute atomic E-state index is 14.4. The third-order valence-electron chi connectivity index (χ3n) is 7.03. The highest BCUT2D eigenvalue weighted by Crippen LogP contribution is 2.33. The number of carbonyl (C=O) groups is 2. The van der Waals surface area contributed by atoms with Crippen molar-refractivity contribution in [1.82, 2.24) is 10.2 Å². The summed E-state index contributed by atoms with van der Waals surface area (Å²) in [5.41, 5.74) is 2.20. The number of sulfonamides is 1. The van der Waals surface area contributed by atoms with Gasteiger partial charge in [-0.1, -0.05) is 83.4 Å². The zero-order valence-electron chi connectivity index (χ0n) is 25.1. The van der Waals surface area contributed by atoms with Gasteiger partial charge in [0.05, 0.1) is 15.6 Å². The van der Waals surface area contributed by atoms with Crippen molar-refractivity contribution in [3.63, 3.8) is 0 Å². The number of hydrogen-bond acceptors (Lipinski definition) is 4. The van der Waals surface area contributed by atoms with Crippen LogP contribution in [0, 0.1) is 12.7 Å². The second kappa shape index (κ2) is 14.9. The molecular formula is C34H34Cl2FN3O4S. The van der Waals surface area contributed by atoms with Crippen molar-refractivity contribution >= 4 is 50.7 Å². The van der Waals surface area contributed by atoms with E-state index in [2.05, 4.69) is 5.32 Å². The second-order valence-electron chi connectivity index (χ2n) is 10.9. The van der Waals surface area contributed by atoms with Gasteiger partial charge in [-0.15, -0.1) is 0 Å². The van der Waals surface area contributed by atoms with Crippen LogP contribution < -0.4 is 9.62 Å². The van der Waals surface area contributed by atoms with E-state index >= 15 is 0 Å². The Hall–Kier alpha value is -3.92. The molecule has 0 fully saturated rings. The number of carbonyl (C=O) groups excluding carboxylic acids is 2. The lowest BCUT2D eigenvalue weighted by atomic mass is 10.0. The number of halogens is 3. The van der Waals surface area contributed by atoms with Gasteiger partial charge in [-0.3, -0.25) is 13.9 Å². The Morgan fingerprint density at radius 2 is 1.51 bits per heavy atom. The van der Waals surface area contributed by atoms with Gasteiger partial charge in [0.1, 0.15) is 18.4 Å². The summed E-state index contributed by atoms with van der Waals surface area (Å²) < 4.78 is 43.0. The number of nitrogens with zero attached hydrogens (tertiary/aromatic N) is 2. The fraction of sp³-hybridized carbons (Fsp3) is 0.235. The lowest BCUT2D eigenvalue weighted by Crippen LogP contribution is -2.54. The van der Waals surface area contributed by atoms with Crippen molar-refractivity contribution in [3.05, 3.63) is 130 Å². The summed E-state index contributed by atoms with van der Waals surface area (Å²) >= 11 is 12.8. The summed E-state index contributed by atoms with van der Waals surface area (Å²) in [5, 5.41) is 3.17. The number of nitrogens with one attached hydrogen (secondary N) is 1. The summed E-state index contributed by atoms with van der Waals surface area (Å²) in [6, 6.07) is 24.0. The van der Waals surface area contributed by atoms with Gasteiger partial charge in [-0.2, -0.15) is 0 Å². The largest absolute Gasteiger partial charge is 0.352 e. The van der Waals surface area contributed by atoms with Gasteiger partial charge < -0.3 is 10.2 Å². The fourth-order valence-corrected chi connectivity index (χ4v) is 6.61. The predicted molar refractivity (Wildman–Crippen MR) is 176 cm³/mol. The Balaban J connectivity index is 1.83. The molecule has 0 aliphatic rings. The number of aryl methyl sites for hydroxylation is 1. The van der Waals surface area contributed by atoms with Crippen LogP contribution in [-0.4, -0.2) is 43.8 Å². The smallest absolute Gasteiger partial charge is 0.264 e. The van der Waals surface area contributed by atoms with Gasteiger partial charge in [-0.25, -0.2) is 12.8 Å². The van der Waals surface area contributed by atoms with E-state index in [9.17, 15) is 22.4 Å². The van der Waals surface area contributed by atoms with E-state index in [1.54, 1.807) is 26.0 Å². The molecule has 0 radical (unpaired) electrons. The summed E-state index contributed by atoms with van der Waals surface area (Å²) in [6.07, 6.45) is 0.148. The molecule has 2 amide bonds. The predicted octanol–water partition coefficient (Wildman–Crippen LogP) is 6.80. The number of benzene rings is 4. The molecule has 236 valence electrons. The zero-order chi connectivity index (χ0) is 32.7. The zero-order valence-corrected chi connectivity index (χ0v) is 27.4. The Kier molecular flexibility index (Phi) is 11.3. The maximum Gasteiger partial charge on any atom is 0.264 e. The van der Waals surface area contributed by atoms with Crippen molar-refractivity contribution in [2.24, 2.45) is 0 Å². The number of hydrogen-bond donors (Lipinski definition) is 1. The van der Waals surface area contributed by atoms with Gasteiger partial charge in [0.2, 0.25) is 11.8 Å². The van der Waals surface area contributed by atoms with Gasteiger partial charge in [0.25, 0.3) is 10.0 Å². The molecule has 1 atom stereocenters. The monoisotopic (exact) mass is 669 g/mol. The lowest BCUT2D eigenvalue weighted by molar-refractivity contribution is -0.140. The van der Waals surface area contributed by atoms with Gasteiger partial charge in [0, 0.05) is 24.0 Å². The normalized spacial score (nSPS) is 12.1. The van der Waals surface area contributed by atoms with Crippen molar-refractivity contribution in [3.8, 4) is 0 Å². The van der Waals surface area contributed by atoms with Crippen molar-refractivity contribution < 1.29 is 22.4 Å². The Labute approximate surface area is 273 Å². The van der Waals surface area contributed by atoms with Crippen molar-refractivity contribution in [1.29, 1.82) is 0 Å². The highest BCUT2D eigenvalue weighted by Gasteiger charge is 2.35. The Morgan fingerprint density at radius 3 is 2.13 bits per heavy atom. The van der Waals surface area contributed by atoms with E-state index in [0.717, 1.165) is 15.4 Å². The topological polar surface area (TPSA) is 86.8 Å². The first-order chi connectivity index (χ1) is 21.3. The molecule has 4 aromatic carbocycles. The summed E-state index contributed by atoms with van der Waals surface area (Å²) in [7, 11) is -4.35. The summed E-state index contributed by atoms with van der Waals surface area (Å²) in [6.45, 7) is 4.65. The minimum atomic E-state index is -4.35. The minimum Gasteiger partial charge on any atom is -0.352 e. The van der Waals surface area contributed by atoms with Crippen LogP contribution >= 0.6 is 23.2 Å². The van der Waals surface area contributed by atoms with Gasteiger partial charge in [0.15, 0.2) is 0 Å². The first-order valence-corrected chi connectivity index (χ1v) is 16.5. The van der Waals surface area contributed by atoms with E-state index in [-0.39, 0.29) is 39.6 Å². The van der Waals surface area contributed by atoms with E-state index < -0.39 is 40.2 Å². The maximum atomic E-state index is 14.4. The van der Waals surface area contributed by atoms with Crippen molar-refractivity contribution in [2.45, 2.75) is 50.7 Å². The van der Waals surface area contributed by atoms with Crippen LogP contribution in [0.5, 0.6) is 0 Å². The summed E-state index contributed by atoms with van der Waals surface area (Å²) in [5.74, 6) is -1.55. The fourth-order valence-electron chi connectivity index (χ4n) is 4.75. The van der Waals surface area contributed by atoms with E-state index in [4.69, 9.17) is 23.2 Å². The van der Waals surface area contributed by atoms with Crippen LogP contribution in [0.2, 0.25) is 10.0 Å². The van der Waals surface area contributed by atoms with Crippen LogP contribution in [0.1, 0.15) is 30.5 Å². The van der Waals surface area contributed by atoms with E-state index in [1.165, 1.54) is 59.5 Å². The van der Waals surface area contributed by atoms with Crippen molar-refractivity contribution in [2.75, 3.05) is 10.8 Å². The number of anilines is 1. The molecule has 0 saturated carbocycles. The number of amides is 2. The lowest BCUT2D eigenvalue weighted by Gasteiger charge is -2.34. The molecule has 0 aliphatic heterocycles. The first kappa shape index (κ1) is 34.0. The van der Waals surface area contributed by atoms with Crippen LogP contribution in [0.3, 0.4) is 0 Å². The molecular weight excluding hydrogens is 636 g/mol. The molecule has 1 N–H and O–H groups in total. The average molecular weight is 671 g/mol. The molecule has 45 heavy (non-hydrogen) atoms. The number of rotatable bonds is 12. The first-order valence-electron chi connectivity index (χ1n) is 14.3. The molecule has 1 unspecified atom stereocenters. The highest BCUT2D eigenvalue weighted by molar-refractivity contribution is 7.92. The van der Waals surface area contributed by atoms with Crippen LogP contribution in [-0.2, 0) is 32.6 Å². The minimum absolute atomic E-state index is 0.00562.